The zero-order valence-electron chi connectivity index (χ0n) is 14.3. The van der Waals surface area contributed by atoms with Crippen LogP contribution in [0.4, 0.5) is 0 Å². The van der Waals surface area contributed by atoms with Gasteiger partial charge in [0.25, 0.3) is 0 Å². The normalized spacial score (nSPS) is 21.3. The van der Waals surface area contributed by atoms with Crippen LogP contribution in [0, 0.1) is 0 Å². The Hall–Kier alpha value is -1.70. The number of nitrogens with two attached hydrogens (primary N) is 1. The van der Waals surface area contributed by atoms with Gasteiger partial charge in [0.05, 0.1) is 6.04 Å². The molecule has 3 rings (SSSR count). The van der Waals surface area contributed by atoms with Crippen molar-refractivity contribution in [3.05, 3.63) is 35.6 Å². The summed E-state index contributed by atoms with van der Waals surface area (Å²) in [4.78, 5) is 21.3. The van der Waals surface area contributed by atoms with Gasteiger partial charge in [-0.2, -0.15) is 0 Å². The largest absolute Gasteiger partial charge is 0.342 e. The smallest absolute Gasteiger partial charge is 0.239 e. The first-order valence-electron chi connectivity index (χ1n) is 8.48. The highest BCUT2D eigenvalue weighted by atomic mass is 32.1. The average Bonchev–Trinajstić information content (AvgIpc) is 3.29. The lowest BCUT2D eigenvalue weighted by atomic mass is 10.1. The van der Waals surface area contributed by atoms with E-state index in [1.165, 1.54) is 0 Å². The molecule has 1 aliphatic heterocycles. The summed E-state index contributed by atoms with van der Waals surface area (Å²) < 4.78 is 2.09. The Bertz CT molecular complexity index is 664. The second-order valence-corrected chi connectivity index (χ2v) is 7.01. The van der Waals surface area contributed by atoms with Gasteiger partial charge in [0, 0.05) is 55.7 Å². The van der Waals surface area contributed by atoms with Crippen LogP contribution in [0.1, 0.15) is 26.0 Å². The number of thiazole rings is 1. The number of carbonyl (C=O) groups is 1. The van der Waals surface area contributed by atoms with E-state index in [-0.39, 0.29) is 18.0 Å². The van der Waals surface area contributed by atoms with Gasteiger partial charge in [0.1, 0.15) is 0 Å². The predicted octanol–water partition coefficient (Wildman–Crippen LogP) is 1.70. The van der Waals surface area contributed by atoms with Gasteiger partial charge in [0.15, 0.2) is 5.13 Å². The van der Waals surface area contributed by atoms with E-state index < -0.39 is 0 Å². The van der Waals surface area contributed by atoms with Crippen LogP contribution >= 0.6 is 11.3 Å². The van der Waals surface area contributed by atoms with Crippen molar-refractivity contribution < 1.29 is 4.79 Å². The number of nitrogens with zero attached hydrogens (tertiary/aromatic N) is 4. The van der Waals surface area contributed by atoms with E-state index >= 15 is 0 Å². The highest BCUT2D eigenvalue weighted by molar-refractivity contribution is 7.12. The van der Waals surface area contributed by atoms with Crippen molar-refractivity contribution in [1.82, 2.24) is 19.4 Å². The maximum Gasteiger partial charge on any atom is 0.239 e. The lowest BCUT2D eigenvalue weighted by Crippen LogP contribution is -2.45. The van der Waals surface area contributed by atoms with E-state index in [9.17, 15) is 4.79 Å². The van der Waals surface area contributed by atoms with Crippen LogP contribution in [0.25, 0.3) is 5.13 Å². The van der Waals surface area contributed by atoms with E-state index in [1.807, 2.05) is 42.6 Å². The molecule has 0 bridgehead atoms. The van der Waals surface area contributed by atoms with Gasteiger partial charge in [0.2, 0.25) is 5.91 Å². The van der Waals surface area contributed by atoms with Crippen LogP contribution in [-0.2, 0) is 11.3 Å². The predicted molar refractivity (Wildman–Crippen MR) is 96.2 cm³/mol. The van der Waals surface area contributed by atoms with Gasteiger partial charge in [-0.05, 0) is 32.4 Å². The number of hydrogen-bond donors (Lipinski definition) is 1. The summed E-state index contributed by atoms with van der Waals surface area (Å²) in [5, 5.41) is 2.92. The number of likely N-dealkylation sites (N-methyl/N-ethyl adjacent to an activating group) is 1. The standard InChI is InChI=1S/C17H25N5OS/c1-3-20(4-2)16(23)15-10-13(18)11-21(15)12-14-6-5-8-22(14)17-19-7-9-24-17/h5-9,13,15H,3-4,10-12,18H2,1-2H3/t13-,15+/m1/s1. The van der Waals surface area contributed by atoms with E-state index in [2.05, 4.69) is 20.5 Å². The highest BCUT2D eigenvalue weighted by Gasteiger charge is 2.37. The first kappa shape index (κ1) is 17.1. The van der Waals surface area contributed by atoms with Crippen LogP contribution in [0.5, 0.6) is 0 Å². The Balaban J connectivity index is 1.79. The molecule has 0 radical (unpaired) electrons. The molecule has 0 aliphatic carbocycles. The van der Waals surface area contributed by atoms with Gasteiger partial charge < -0.3 is 10.6 Å². The quantitative estimate of drug-likeness (QED) is 0.864. The molecule has 1 aliphatic rings. The first-order chi connectivity index (χ1) is 11.6. The van der Waals surface area contributed by atoms with Crippen LogP contribution in [0.3, 0.4) is 0 Å². The van der Waals surface area contributed by atoms with Crippen molar-refractivity contribution in [3.8, 4) is 5.13 Å². The topological polar surface area (TPSA) is 67.4 Å². The van der Waals surface area contributed by atoms with E-state index in [0.29, 0.717) is 6.54 Å². The van der Waals surface area contributed by atoms with Crippen LogP contribution < -0.4 is 5.73 Å². The molecule has 1 amide bonds. The van der Waals surface area contributed by atoms with Crippen molar-refractivity contribution in [1.29, 1.82) is 0 Å². The fraction of sp³-hybridized carbons (Fsp3) is 0.529. The van der Waals surface area contributed by atoms with Crippen molar-refractivity contribution in [2.45, 2.75) is 38.9 Å². The van der Waals surface area contributed by atoms with E-state index in [1.54, 1.807) is 11.3 Å². The maximum absolute atomic E-state index is 12.8. The van der Waals surface area contributed by atoms with Crippen molar-refractivity contribution in [2.75, 3.05) is 19.6 Å². The second-order valence-electron chi connectivity index (χ2n) is 6.14. The summed E-state index contributed by atoms with van der Waals surface area (Å²) in [5.41, 5.74) is 7.30. The van der Waals surface area contributed by atoms with Gasteiger partial charge in [-0.1, -0.05) is 0 Å². The third kappa shape index (κ3) is 3.38. The molecule has 2 aromatic heterocycles. The van der Waals surface area contributed by atoms with Gasteiger partial charge in [-0.3, -0.25) is 14.3 Å². The van der Waals surface area contributed by atoms with Crippen LogP contribution in [-0.4, -0.2) is 57.0 Å². The monoisotopic (exact) mass is 347 g/mol. The number of likely N-dealkylation sites (tertiary alicyclic amines) is 1. The molecule has 0 saturated carbocycles. The molecule has 1 fully saturated rings. The summed E-state index contributed by atoms with van der Waals surface area (Å²) in [5.74, 6) is 0.195. The second kappa shape index (κ2) is 7.46. The lowest BCUT2D eigenvalue weighted by Gasteiger charge is -2.28. The Morgan fingerprint density at radius 1 is 1.46 bits per heavy atom. The summed E-state index contributed by atoms with van der Waals surface area (Å²) in [6.07, 6.45) is 4.56. The van der Waals surface area contributed by atoms with Crippen LogP contribution in [0.2, 0.25) is 0 Å². The fourth-order valence-corrected chi connectivity index (χ4v) is 4.05. The molecule has 0 spiro atoms. The molecule has 2 atom stereocenters. The molecule has 3 heterocycles. The summed E-state index contributed by atoms with van der Waals surface area (Å²) in [7, 11) is 0. The molecule has 130 valence electrons. The minimum atomic E-state index is -0.125. The molecule has 24 heavy (non-hydrogen) atoms. The molecular formula is C17H25N5OS. The SMILES string of the molecule is CCN(CC)C(=O)[C@@H]1C[C@@H](N)CN1Cc1cccn1-c1nccs1. The molecular weight excluding hydrogens is 322 g/mol. The van der Waals surface area contributed by atoms with Crippen molar-refractivity contribution in [3.63, 3.8) is 0 Å². The fourth-order valence-electron chi connectivity index (χ4n) is 3.39. The van der Waals surface area contributed by atoms with E-state index in [0.717, 1.165) is 36.9 Å². The van der Waals surface area contributed by atoms with E-state index in [4.69, 9.17) is 5.73 Å². The highest BCUT2D eigenvalue weighted by Crippen LogP contribution is 2.23. The minimum Gasteiger partial charge on any atom is -0.342 e. The molecule has 7 heteroatoms. The zero-order valence-corrected chi connectivity index (χ0v) is 15.1. The maximum atomic E-state index is 12.8. The summed E-state index contributed by atoms with van der Waals surface area (Å²) >= 11 is 1.61. The molecule has 1 saturated heterocycles. The molecule has 0 unspecified atom stereocenters. The minimum absolute atomic E-state index is 0.0535. The average molecular weight is 347 g/mol. The molecule has 2 N–H and O–H groups in total. The number of hydrogen-bond acceptors (Lipinski definition) is 5. The third-order valence-electron chi connectivity index (χ3n) is 4.62. The number of carbonyl (C=O) groups excluding carboxylic acids is 1. The number of amides is 1. The van der Waals surface area contributed by atoms with Crippen LogP contribution in [0.15, 0.2) is 29.9 Å². The zero-order chi connectivity index (χ0) is 17.1. The first-order valence-corrected chi connectivity index (χ1v) is 9.36. The Kier molecular flexibility index (Phi) is 5.33. The van der Waals surface area contributed by atoms with Crippen molar-refractivity contribution >= 4 is 17.2 Å². The Morgan fingerprint density at radius 2 is 2.25 bits per heavy atom. The van der Waals surface area contributed by atoms with Gasteiger partial charge >= 0.3 is 0 Å². The molecule has 0 aromatic carbocycles. The van der Waals surface area contributed by atoms with Gasteiger partial charge in [-0.15, -0.1) is 11.3 Å². The lowest BCUT2D eigenvalue weighted by molar-refractivity contribution is -0.135. The number of aromatic nitrogens is 2. The third-order valence-corrected chi connectivity index (χ3v) is 5.39. The Morgan fingerprint density at radius 3 is 2.92 bits per heavy atom. The molecule has 2 aromatic rings. The Labute approximate surface area is 146 Å². The van der Waals surface area contributed by atoms with Crippen molar-refractivity contribution in [2.24, 2.45) is 5.73 Å². The molecule has 6 nitrogen and oxygen atoms in total. The summed E-state index contributed by atoms with van der Waals surface area (Å²) in [6, 6.07) is 4.04. The number of rotatable bonds is 6. The van der Waals surface area contributed by atoms with Gasteiger partial charge in [-0.25, -0.2) is 4.98 Å². The summed E-state index contributed by atoms with van der Waals surface area (Å²) in [6.45, 7) is 6.98.